The molecule has 2 unspecified atom stereocenters. The minimum atomic E-state index is -1.05. The van der Waals surface area contributed by atoms with Gasteiger partial charge in [0.1, 0.15) is 6.04 Å². The van der Waals surface area contributed by atoms with Crippen molar-refractivity contribution in [3.05, 3.63) is 29.8 Å². The molecule has 2 atom stereocenters. The van der Waals surface area contributed by atoms with Crippen molar-refractivity contribution < 1.29 is 24.6 Å². The number of para-hydroxylation sites is 1. The molecule has 0 aromatic heterocycles. The average molecular weight is 291 g/mol. The van der Waals surface area contributed by atoms with E-state index in [4.69, 9.17) is 5.11 Å². The monoisotopic (exact) mass is 291 g/mol. The van der Waals surface area contributed by atoms with Crippen molar-refractivity contribution in [3.8, 4) is 0 Å². The van der Waals surface area contributed by atoms with E-state index in [1.807, 2.05) is 0 Å². The molecule has 112 valence electrons. The molecule has 0 saturated carbocycles. The van der Waals surface area contributed by atoms with Crippen LogP contribution in [-0.2, 0) is 20.8 Å². The highest BCUT2D eigenvalue weighted by atomic mass is 16.4. The molecule has 1 aromatic rings. The molecule has 21 heavy (non-hydrogen) atoms. The van der Waals surface area contributed by atoms with Crippen LogP contribution in [-0.4, -0.2) is 34.1 Å². The summed E-state index contributed by atoms with van der Waals surface area (Å²) < 4.78 is 0. The first kappa shape index (κ1) is 15.0. The molecule has 1 heterocycles. The second kappa shape index (κ2) is 5.95. The Bertz CT molecular complexity index is 583. The first-order valence-electron chi connectivity index (χ1n) is 6.77. The summed E-state index contributed by atoms with van der Waals surface area (Å²) >= 11 is 0. The van der Waals surface area contributed by atoms with E-state index in [9.17, 15) is 19.5 Å². The van der Waals surface area contributed by atoms with E-state index >= 15 is 0 Å². The lowest BCUT2D eigenvalue weighted by molar-refractivity contribution is -0.141. The lowest BCUT2D eigenvalue weighted by atomic mass is 10.0. The maximum atomic E-state index is 12.5. The second-order valence-electron chi connectivity index (χ2n) is 5.23. The lowest BCUT2D eigenvalue weighted by Crippen LogP contribution is -2.45. The van der Waals surface area contributed by atoms with Gasteiger partial charge in [0.25, 0.3) is 0 Å². The number of fused-ring (bicyclic) bond motifs is 1. The first-order valence-corrected chi connectivity index (χ1v) is 6.77. The number of hydrogen-bond acceptors (Lipinski definition) is 3. The van der Waals surface area contributed by atoms with Gasteiger partial charge in [0, 0.05) is 24.4 Å². The molecule has 0 aliphatic carbocycles. The third-order valence-corrected chi connectivity index (χ3v) is 3.71. The predicted octanol–water partition coefficient (Wildman–Crippen LogP) is 1.53. The van der Waals surface area contributed by atoms with Gasteiger partial charge in [0.05, 0.1) is 0 Å². The van der Waals surface area contributed by atoms with Crippen LogP contribution in [0.4, 0.5) is 5.69 Å². The van der Waals surface area contributed by atoms with E-state index in [0.717, 1.165) is 5.56 Å². The molecule has 6 heteroatoms. The number of amides is 1. The Labute approximate surface area is 122 Å². The van der Waals surface area contributed by atoms with E-state index in [2.05, 4.69) is 0 Å². The molecule has 6 nitrogen and oxygen atoms in total. The molecule has 0 saturated heterocycles. The van der Waals surface area contributed by atoms with Crippen molar-refractivity contribution >= 4 is 23.5 Å². The van der Waals surface area contributed by atoms with Crippen LogP contribution in [0.25, 0.3) is 0 Å². The lowest BCUT2D eigenvalue weighted by Gasteiger charge is -2.25. The number of carboxylic acids is 2. The third kappa shape index (κ3) is 3.04. The van der Waals surface area contributed by atoms with Crippen molar-refractivity contribution in [1.82, 2.24) is 0 Å². The quantitative estimate of drug-likeness (QED) is 0.857. The molecular weight excluding hydrogens is 274 g/mol. The van der Waals surface area contributed by atoms with Crippen molar-refractivity contribution in [3.63, 3.8) is 0 Å². The zero-order valence-corrected chi connectivity index (χ0v) is 11.7. The van der Waals surface area contributed by atoms with Crippen molar-refractivity contribution in [2.45, 2.75) is 32.2 Å². The van der Waals surface area contributed by atoms with Crippen LogP contribution in [0, 0.1) is 5.92 Å². The second-order valence-corrected chi connectivity index (χ2v) is 5.23. The van der Waals surface area contributed by atoms with E-state index < -0.39 is 23.9 Å². The maximum absolute atomic E-state index is 12.5. The summed E-state index contributed by atoms with van der Waals surface area (Å²) in [5.74, 6) is -2.89. The van der Waals surface area contributed by atoms with Gasteiger partial charge in [-0.15, -0.1) is 0 Å². The fraction of sp³-hybridized carbons (Fsp3) is 0.400. The van der Waals surface area contributed by atoms with Crippen LogP contribution in [0.3, 0.4) is 0 Å². The molecule has 1 aliphatic rings. The number of anilines is 1. The van der Waals surface area contributed by atoms with Crippen molar-refractivity contribution in [1.29, 1.82) is 0 Å². The van der Waals surface area contributed by atoms with Crippen LogP contribution in [0.5, 0.6) is 0 Å². The summed E-state index contributed by atoms with van der Waals surface area (Å²) in [6.45, 7) is 1.63. The summed E-state index contributed by atoms with van der Waals surface area (Å²) in [6.07, 6.45) is 0.363. The van der Waals surface area contributed by atoms with E-state index in [0.29, 0.717) is 5.69 Å². The maximum Gasteiger partial charge on any atom is 0.327 e. The summed E-state index contributed by atoms with van der Waals surface area (Å²) in [4.78, 5) is 35.8. The Hall–Kier alpha value is -2.37. The van der Waals surface area contributed by atoms with E-state index in [1.165, 1.54) is 4.90 Å². The fourth-order valence-electron chi connectivity index (χ4n) is 2.56. The van der Waals surface area contributed by atoms with Crippen LogP contribution < -0.4 is 4.90 Å². The van der Waals surface area contributed by atoms with Gasteiger partial charge in [-0.3, -0.25) is 14.5 Å². The fourth-order valence-corrected chi connectivity index (χ4v) is 2.56. The van der Waals surface area contributed by atoms with Gasteiger partial charge in [0.15, 0.2) is 0 Å². The van der Waals surface area contributed by atoms with Gasteiger partial charge < -0.3 is 10.2 Å². The summed E-state index contributed by atoms with van der Waals surface area (Å²) in [6, 6.07) is 6.17. The molecule has 2 N–H and O–H groups in total. The van der Waals surface area contributed by atoms with E-state index in [1.54, 1.807) is 31.2 Å². The minimum absolute atomic E-state index is 0.111. The molecule has 0 fully saturated rings. The number of aliphatic carboxylic acids is 2. The Balaban J connectivity index is 2.24. The highest BCUT2D eigenvalue weighted by Crippen LogP contribution is 2.33. The molecule has 1 amide bonds. The molecule has 1 aromatic carbocycles. The van der Waals surface area contributed by atoms with Crippen molar-refractivity contribution in [2.75, 3.05) is 4.90 Å². The molecule has 0 spiro atoms. The number of carboxylic acid groups (broad SMARTS) is 2. The average Bonchev–Trinajstić information content (AvgIpc) is 2.83. The first-order chi connectivity index (χ1) is 9.91. The third-order valence-electron chi connectivity index (χ3n) is 3.71. The molecule has 2 rings (SSSR count). The zero-order chi connectivity index (χ0) is 15.6. The Morgan fingerprint density at radius 3 is 2.57 bits per heavy atom. The normalized spacial score (nSPS) is 18.1. The van der Waals surface area contributed by atoms with Crippen molar-refractivity contribution in [2.24, 2.45) is 5.92 Å². The Kier molecular flexibility index (Phi) is 4.26. The highest BCUT2D eigenvalue weighted by molar-refractivity contribution is 6.02. The van der Waals surface area contributed by atoms with Gasteiger partial charge in [-0.1, -0.05) is 25.1 Å². The zero-order valence-electron chi connectivity index (χ0n) is 11.7. The summed E-state index contributed by atoms with van der Waals surface area (Å²) in [5.41, 5.74) is 1.43. The molecular formula is C15H17NO5. The van der Waals surface area contributed by atoms with Gasteiger partial charge in [-0.05, 0) is 18.1 Å². The number of hydrogen-bond donors (Lipinski definition) is 2. The number of benzene rings is 1. The number of rotatable bonds is 5. The highest BCUT2D eigenvalue weighted by Gasteiger charge is 2.39. The predicted molar refractivity (Wildman–Crippen MR) is 75.1 cm³/mol. The minimum Gasteiger partial charge on any atom is -0.481 e. The van der Waals surface area contributed by atoms with E-state index in [-0.39, 0.29) is 25.2 Å². The van der Waals surface area contributed by atoms with Crippen LogP contribution in [0.1, 0.15) is 25.3 Å². The Morgan fingerprint density at radius 1 is 1.29 bits per heavy atom. The summed E-state index contributed by atoms with van der Waals surface area (Å²) in [7, 11) is 0. The standard InChI is InChI=1S/C15H17NO5/c1-9(6-7-13(17)18)14(19)16-11-5-3-2-4-10(11)8-12(16)15(20)21/h2-5,9,12H,6-8H2,1H3,(H,17,18)(H,20,21). The van der Waals surface area contributed by atoms with Gasteiger partial charge >= 0.3 is 11.9 Å². The largest absolute Gasteiger partial charge is 0.481 e. The molecule has 0 bridgehead atoms. The SMILES string of the molecule is CC(CCC(=O)O)C(=O)N1c2ccccc2CC1C(=O)O. The number of carbonyl (C=O) groups excluding carboxylic acids is 1. The van der Waals surface area contributed by atoms with Crippen LogP contribution in [0.15, 0.2) is 24.3 Å². The van der Waals surface area contributed by atoms with Gasteiger partial charge in [0.2, 0.25) is 5.91 Å². The van der Waals surface area contributed by atoms with Gasteiger partial charge in [-0.2, -0.15) is 0 Å². The van der Waals surface area contributed by atoms with Crippen LogP contribution >= 0.6 is 0 Å². The van der Waals surface area contributed by atoms with Crippen LogP contribution in [0.2, 0.25) is 0 Å². The van der Waals surface area contributed by atoms with Gasteiger partial charge in [-0.25, -0.2) is 4.79 Å². The summed E-state index contributed by atoms with van der Waals surface area (Å²) in [5, 5.41) is 18.0. The molecule has 0 radical (unpaired) electrons. The Morgan fingerprint density at radius 2 is 1.95 bits per heavy atom. The molecule has 1 aliphatic heterocycles. The topological polar surface area (TPSA) is 94.9 Å². The number of nitrogens with zero attached hydrogens (tertiary/aromatic N) is 1. The number of carbonyl (C=O) groups is 3. The smallest absolute Gasteiger partial charge is 0.327 e.